The van der Waals surface area contributed by atoms with Gasteiger partial charge in [-0.1, -0.05) is 13.8 Å². The van der Waals surface area contributed by atoms with Crippen LogP contribution in [0.15, 0.2) is 6.07 Å². The third-order valence-corrected chi connectivity index (χ3v) is 2.62. The third kappa shape index (κ3) is 3.25. The molecule has 0 aliphatic carbocycles. The molecule has 0 radical (unpaired) electrons. The quantitative estimate of drug-likeness (QED) is 0.871. The fourth-order valence-electron chi connectivity index (χ4n) is 1.53. The second-order valence-corrected chi connectivity index (χ2v) is 5.35. The van der Waals surface area contributed by atoms with Crippen molar-refractivity contribution in [3.05, 3.63) is 23.3 Å². The molecule has 0 amide bonds. The van der Waals surface area contributed by atoms with Crippen molar-refractivity contribution in [3.63, 3.8) is 0 Å². The average molecular weight is 236 g/mol. The monoisotopic (exact) mass is 236 g/mol. The number of nitrogens with zero attached hydrogens (tertiary/aromatic N) is 2. The van der Waals surface area contributed by atoms with Crippen molar-refractivity contribution in [1.82, 2.24) is 9.97 Å². The number of carbonyl (C=O) groups is 1. The SMILES string of the molecule is Cc1cc(CC(C)C)nc(C(C)(C)C(=O)O)n1. The van der Waals surface area contributed by atoms with Crippen LogP contribution in [0.5, 0.6) is 0 Å². The molecule has 0 bridgehead atoms. The zero-order valence-corrected chi connectivity index (χ0v) is 11.1. The Bertz CT molecular complexity index is 425. The van der Waals surface area contributed by atoms with Crippen LogP contribution < -0.4 is 0 Å². The first kappa shape index (κ1) is 13.6. The van der Waals surface area contributed by atoms with Gasteiger partial charge in [0.05, 0.1) is 0 Å². The fraction of sp³-hybridized carbons (Fsp3) is 0.615. The molecule has 1 N–H and O–H groups in total. The maximum atomic E-state index is 11.2. The molecule has 1 heterocycles. The minimum Gasteiger partial charge on any atom is -0.481 e. The minimum atomic E-state index is -1.04. The van der Waals surface area contributed by atoms with Gasteiger partial charge in [0.2, 0.25) is 0 Å². The summed E-state index contributed by atoms with van der Waals surface area (Å²) < 4.78 is 0. The topological polar surface area (TPSA) is 63.1 Å². The van der Waals surface area contributed by atoms with E-state index in [-0.39, 0.29) is 0 Å². The molecule has 4 nitrogen and oxygen atoms in total. The van der Waals surface area contributed by atoms with Gasteiger partial charge in [-0.2, -0.15) is 0 Å². The molecule has 0 aliphatic rings. The summed E-state index contributed by atoms with van der Waals surface area (Å²) in [4.78, 5) is 19.8. The number of hydrogen-bond acceptors (Lipinski definition) is 3. The predicted molar refractivity (Wildman–Crippen MR) is 66.0 cm³/mol. The van der Waals surface area contributed by atoms with Gasteiger partial charge in [-0.3, -0.25) is 4.79 Å². The Hall–Kier alpha value is -1.45. The summed E-state index contributed by atoms with van der Waals surface area (Å²) in [5.74, 6) is -0.0238. The van der Waals surface area contributed by atoms with Crippen molar-refractivity contribution in [2.45, 2.75) is 46.5 Å². The largest absolute Gasteiger partial charge is 0.481 e. The van der Waals surface area contributed by atoms with E-state index in [1.165, 1.54) is 0 Å². The maximum absolute atomic E-state index is 11.2. The van der Waals surface area contributed by atoms with Crippen LogP contribution in [-0.2, 0) is 16.6 Å². The van der Waals surface area contributed by atoms with E-state index in [0.29, 0.717) is 11.7 Å². The fourth-order valence-corrected chi connectivity index (χ4v) is 1.53. The number of aliphatic carboxylic acids is 1. The van der Waals surface area contributed by atoms with E-state index in [2.05, 4.69) is 23.8 Å². The van der Waals surface area contributed by atoms with Crippen molar-refractivity contribution in [3.8, 4) is 0 Å². The number of rotatable bonds is 4. The molecule has 94 valence electrons. The van der Waals surface area contributed by atoms with Gasteiger partial charge >= 0.3 is 5.97 Å². The van der Waals surface area contributed by atoms with Gasteiger partial charge in [0.25, 0.3) is 0 Å². The van der Waals surface area contributed by atoms with E-state index in [4.69, 9.17) is 0 Å². The van der Waals surface area contributed by atoms with Crippen molar-refractivity contribution in [2.24, 2.45) is 5.92 Å². The number of carboxylic acid groups (broad SMARTS) is 1. The minimum absolute atomic E-state index is 0.389. The van der Waals surface area contributed by atoms with Crippen LogP contribution in [0.3, 0.4) is 0 Å². The highest BCUT2D eigenvalue weighted by atomic mass is 16.4. The van der Waals surface area contributed by atoms with Gasteiger partial charge < -0.3 is 5.11 Å². The number of carboxylic acids is 1. The summed E-state index contributed by atoms with van der Waals surface area (Å²) in [6.45, 7) is 9.35. The van der Waals surface area contributed by atoms with E-state index in [1.54, 1.807) is 13.8 Å². The Morgan fingerprint density at radius 2 is 2.00 bits per heavy atom. The zero-order valence-electron chi connectivity index (χ0n) is 11.1. The van der Waals surface area contributed by atoms with Crippen LogP contribution in [-0.4, -0.2) is 21.0 Å². The molecule has 0 spiro atoms. The Kier molecular flexibility index (Phi) is 3.86. The lowest BCUT2D eigenvalue weighted by Crippen LogP contribution is -2.31. The summed E-state index contributed by atoms with van der Waals surface area (Å²) in [7, 11) is 0. The Balaban J connectivity index is 3.17. The van der Waals surface area contributed by atoms with Crippen molar-refractivity contribution < 1.29 is 9.90 Å². The third-order valence-electron chi connectivity index (χ3n) is 2.62. The molecule has 1 aromatic rings. The summed E-state index contributed by atoms with van der Waals surface area (Å²) in [5.41, 5.74) is 0.689. The Morgan fingerprint density at radius 1 is 1.41 bits per heavy atom. The smallest absolute Gasteiger partial charge is 0.316 e. The number of aromatic nitrogens is 2. The summed E-state index contributed by atoms with van der Waals surface area (Å²) >= 11 is 0. The molecule has 0 atom stereocenters. The Morgan fingerprint density at radius 3 is 2.47 bits per heavy atom. The van der Waals surface area contributed by atoms with Gasteiger partial charge in [-0.15, -0.1) is 0 Å². The van der Waals surface area contributed by atoms with Gasteiger partial charge in [-0.05, 0) is 39.2 Å². The van der Waals surface area contributed by atoms with Crippen molar-refractivity contribution in [2.75, 3.05) is 0 Å². The molecule has 0 fully saturated rings. The second-order valence-electron chi connectivity index (χ2n) is 5.35. The lowest BCUT2D eigenvalue weighted by atomic mass is 9.92. The van der Waals surface area contributed by atoms with Gasteiger partial charge in [0.1, 0.15) is 11.2 Å². The number of hydrogen-bond donors (Lipinski definition) is 1. The summed E-state index contributed by atoms with van der Waals surface area (Å²) in [5, 5.41) is 9.18. The average Bonchev–Trinajstić information content (AvgIpc) is 2.15. The van der Waals surface area contributed by atoms with Gasteiger partial charge in [0.15, 0.2) is 0 Å². The van der Waals surface area contributed by atoms with E-state index in [9.17, 15) is 9.90 Å². The molecule has 1 aromatic heterocycles. The highest BCUT2D eigenvalue weighted by Gasteiger charge is 2.33. The highest BCUT2D eigenvalue weighted by molar-refractivity contribution is 5.78. The molecule has 4 heteroatoms. The standard InChI is InChI=1S/C13H20N2O2/c1-8(2)6-10-7-9(3)14-11(15-10)13(4,5)12(16)17/h7-8H,6H2,1-5H3,(H,16,17). The summed E-state index contributed by atoms with van der Waals surface area (Å²) in [6, 6.07) is 1.92. The van der Waals surface area contributed by atoms with Crippen LogP contribution in [0.2, 0.25) is 0 Å². The molecule has 0 saturated heterocycles. The van der Waals surface area contributed by atoms with E-state index in [1.807, 2.05) is 13.0 Å². The van der Waals surface area contributed by atoms with Crippen LogP contribution in [0, 0.1) is 12.8 Å². The van der Waals surface area contributed by atoms with E-state index >= 15 is 0 Å². The zero-order chi connectivity index (χ0) is 13.2. The van der Waals surface area contributed by atoms with Crippen LogP contribution in [0.25, 0.3) is 0 Å². The van der Waals surface area contributed by atoms with Crippen LogP contribution in [0.1, 0.15) is 44.9 Å². The molecule has 0 aromatic carbocycles. The van der Waals surface area contributed by atoms with E-state index in [0.717, 1.165) is 17.8 Å². The van der Waals surface area contributed by atoms with Gasteiger partial charge in [-0.25, -0.2) is 9.97 Å². The first-order valence-electron chi connectivity index (χ1n) is 5.82. The summed E-state index contributed by atoms with van der Waals surface area (Å²) in [6.07, 6.45) is 0.839. The molecule has 0 saturated carbocycles. The van der Waals surface area contributed by atoms with Crippen LogP contribution in [0.4, 0.5) is 0 Å². The highest BCUT2D eigenvalue weighted by Crippen LogP contribution is 2.21. The first-order valence-corrected chi connectivity index (χ1v) is 5.82. The molecule has 17 heavy (non-hydrogen) atoms. The van der Waals surface area contributed by atoms with Gasteiger partial charge in [0, 0.05) is 11.4 Å². The van der Waals surface area contributed by atoms with Crippen LogP contribution >= 0.6 is 0 Å². The molecule has 1 rings (SSSR count). The molecule has 0 aliphatic heterocycles. The second kappa shape index (κ2) is 4.82. The molecular formula is C13H20N2O2. The molecular weight excluding hydrogens is 216 g/mol. The lowest BCUT2D eigenvalue weighted by molar-refractivity contribution is -0.142. The predicted octanol–water partition coefficient (Wildman–Crippen LogP) is 2.35. The van der Waals surface area contributed by atoms with Crippen molar-refractivity contribution >= 4 is 5.97 Å². The lowest BCUT2D eigenvalue weighted by Gasteiger charge is -2.19. The maximum Gasteiger partial charge on any atom is 0.316 e. The normalized spacial score (nSPS) is 11.9. The molecule has 0 unspecified atom stereocenters. The first-order chi connectivity index (χ1) is 7.73. The van der Waals surface area contributed by atoms with Crippen molar-refractivity contribution in [1.29, 1.82) is 0 Å². The van der Waals surface area contributed by atoms with E-state index < -0.39 is 11.4 Å². The number of aryl methyl sites for hydroxylation is 1. The Labute approximate surface area is 102 Å².